The molecule has 0 radical (unpaired) electrons. The number of carbonyl (C=O) groups is 2. The van der Waals surface area contributed by atoms with Crippen LogP contribution in [0, 0.1) is 6.92 Å². The molecule has 4 aromatic rings. The number of nitrogens with zero attached hydrogens (tertiary/aromatic N) is 1. The van der Waals surface area contributed by atoms with Gasteiger partial charge in [0.2, 0.25) is 0 Å². The van der Waals surface area contributed by atoms with Crippen molar-refractivity contribution in [3.63, 3.8) is 0 Å². The summed E-state index contributed by atoms with van der Waals surface area (Å²) in [5.41, 5.74) is 2.93. The van der Waals surface area contributed by atoms with Gasteiger partial charge in [-0.15, -0.1) is 0 Å². The number of hydrogen-bond donors (Lipinski definition) is 3. The van der Waals surface area contributed by atoms with Crippen LogP contribution >= 0.6 is 0 Å². The molecule has 0 fully saturated rings. The Morgan fingerprint density at radius 1 is 0.844 bits per heavy atom. The van der Waals surface area contributed by atoms with Crippen LogP contribution in [0.15, 0.2) is 103 Å². The van der Waals surface area contributed by atoms with Crippen molar-refractivity contribution in [1.29, 1.82) is 0 Å². The van der Waals surface area contributed by atoms with Crippen molar-refractivity contribution in [3.8, 4) is 0 Å². The summed E-state index contributed by atoms with van der Waals surface area (Å²) >= 11 is 0. The van der Waals surface area contributed by atoms with Gasteiger partial charge in [0.05, 0.1) is 23.8 Å². The predicted molar refractivity (Wildman–Crippen MR) is 169 cm³/mol. The lowest BCUT2D eigenvalue weighted by Crippen LogP contribution is -2.48. The summed E-state index contributed by atoms with van der Waals surface area (Å²) in [6, 6.07) is 28.1. The second-order valence-corrected chi connectivity index (χ2v) is 11.3. The van der Waals surface area contributed by atoms with Crippen molar-refractivity contribution in [2.75, 3.05) is 13.6 Å². The molecule has 0 aliphatic rings. The van der Waals surface area contributed by atoms with Gasteiger partial charge in [-0.2, -0.15) is 13.2 Å². The van der Waals surface area contributed by atoms with Crippen molar-refractivity contribution in [2.45, 2.75) is 51.2 Å². The van der Waals surface area contributed by atoms with E-state index in [9.17, 15) is 27.9 Å². The SMILES string of the molecule is Cc1cc(C(=O)N[C@@H](Cc2ccccc2)[C@H](O)CNCc2cccc(C(F)(F)F)c2)cc(C(=O)N(C)[C@H](C)c2ccccc2)c1. The van der Waals surface area contributed by atoms with Crippen LogP contribution in [-0.4, -0.2) is 47.6 Å². The maximum absolute atomic E-state index is 13.6. The minimum atomic E-state index is -4.45. The average molecular weight is 618 g/mol. The van der Waals surface area contributed by atoms with Crippen molar-refractivity contribution >= 4 is 11.8 Å². The van der Waals surface area contributed by atoms with Crippen molar-refractivity contribution in [1.82, 2.24) is 15.5 Å². The number of halogens is 3. The van der Waals surface area contributed by atoms with Crippen LogP contribution in [0.2, 0.25) is 0 Å². The van der Waals surface area contributed by atoms with Crippen molar-refractivity contribution in [2.24, 2.45) is 0 Å². The number of carbonyl (C=O) groups excluding carboxylic acids is 2. The van der Waals surface area contributed by atoms with Gasteiger partial charge in [0, 0.05) is 31.3 Å². The van der Waals surface area contributed by atoms with Gasteiger partial charge in [0.15, 0.2) is 0 Å². The lowest BCUT2D eigenvalue weighted by atomic mass is 9.99. The second-order valence-electron chi connectivity index (χ2n) is 11.3. The Morgan fingerprint density at radius 3 is 2.13 bits per heavy atom. The zero-order valence-electron chi connectivity index (χ0n) is 25.5. The molecule has 0 heterocycles. The number of benzene rings is 4. The van der Waals surface area contributed by atoms with Crippen LogP contribution in [0.3, 0.4) is 0 Å². The zero-order valence-corrected chi connectivity index (χ0v) is 25.5. The summed E-state index contributed by atoms with van der Waals surface area (Å²) in [5, 5.41) is 17.1. The molecule has 6 nitrogen and oxygen atoms in total. The Balaban J connectivity index is 1.48. The van der Waals surface area contributed by atoms with Gasteiger partial charge in [-0.05, 0) is 66.8 Å². The van der Waals surface area contributed by atoms with Crippen LogP contribution in [0.25, 0.3) is 0 Å². The second kappa shape index (κ2) is 15.0. The molecule has 0 unspecified atom stereocenters. The van der Waals surface area contributed by atoms with Crippen LogP contribution < -0.4 is 10.6 Å². The molecule has 236 valence electrons. The topological polar surface area (TPSA) is 81.7 Å². The summed E-state index contributed by atoms with van der Waals surface area (Å²) in [4.78, 5) is 28.6. The molecule has 0 saturated heterocycles. The lowest BCUT2D eigenvalue weighted by molar-refractivity contribution is -0.137. The third-order valence-corrected chi connectivity index (χ3v) is 7.79. The molecule has 0 aromatic heterocycles. The number of aliphatic hydroxyl groups is 1. The van der Waals surface area contributed by atoms with Crippen molar-refractivity contribution in [3.05, 3.63) is 142 Å². The predicted octanol–water partition coefficient (Wildman–Crippen LogP) is 6.34. The Hall–Kier alpha value is -4.47. The van der Waals surface area contributed by atoms with E-state index in [-0.39, 0.29) is 30.6 Å². The largest absolute Gasteiger partial charge is 0.416 e. The van der Waals surface area contributed by atoms with E-state index in [4.69, 9.17) is 0 Å². The summed E-state index contributed by atoms with van der Waals surface area (Å²) in [6.07, 6.45) is -5.20. The minimum absolute atomic E-state index is 0.0216. The first-order chi connectivity index (χ1) is 21.4. The monoisotopic (exact) mass is 617 g/mol. The van der Waals surface area contributed by atoms with Gasteiger partial charge in [-0.1, -0.05) is 78.9 Å². The number of alkyl halides is 3. The van der Waals surface area contributed by atoms with E-state index in [2.05, 4.69) is 10.6 Å². The van der Waals surface area contributed by atoms with Crippen molar-refractivity contribution < 1.29 is 27.9 Å². The molecule has 0 spiro atoms. The van der Waals surface area contributed by atoms with E-state index < -0.39 is 29.8 Å². The molecule has 0 saturated carbocycles. The average Bonchev–Trinajstić information content (AvgIpc) is 3.03. The fraction of sp³-hybridized carbons (Fsp3) is 0.278. The van der Waals surface area contributed by atoms with Crippen LogP contribution in [0.5, 0.6) is 0 Å². The van der Waals surface area contributed by atoms with E-state index in [0.717, 1.165) is 28.8 Å². The van der Waals surface area contributed by atoms with Gasteiger partial charge in [-0.25, -0.2) is 0 Å². The molecule has 9 heteroatoms. The molecular weight excluding hydrogens is 579 g/mol. The summed E-state index contributed by atoms with van der Waals surface area (Å²) in [6.45, 7) is 3.87. The van der Waals surface area contributed by atoms with E-state index in [1.54, 1.807) is 36.2 Å². The maximum atomic E-state index is 13.6. The molecule has 4 aromatic carbocycles. The molecule has 4 rings (SSSR count). The zero-order chi connectivity index (χ0) is 32.6. The number of nitrogens with one attached hydrogen (secondary N) is 2. The number of aliphatic hydroxyl groups excluding tert-OH is 1. The fourth-order valence-electron chi connectivity index (χ4n) is 5.14. The third-order valence-electron chi connectivity index (χ3n) is 7.79. The highest BCUT2D eigenvalue weighted by Crippen LogP contribution is 2.29. The number of hydrogen-bond acceptors (Lipinski definition) is 4. The number of rotatable bonds is 12. The Kier molecular flexibility index (Phi) is 11.1. The number of aryl methyl sites for hydroxylation is 1. The first kappa shape index (κ1) is 33.4. The quantitative estimate of drug-likeness (QED) is 0.173. The van der Waals surface area contributed by atoms with Gasteiger partial charge in [0.25, 0.3) is 11.8 Å². The van der Waals surface area contributed by atoms with Gasteiger partial charge < -0.3 is 20.6 Å². The highest BCUT2D eigenvalue weighted by Gasteiger charge is 2.30. The van der Waals surface area contributed by atoms with Gasteiger partial charge in [0.1, 0.15) is 0 Å². The summed E-state index contributed by atoms with van der Waals surface area (Å²) in [7, 11) is 1.72. The summed E-state index contributed by atoms with van der Waals surface area (Å²) in [5.74, 6) is -0.687. The normalized spacial score (nSPS) is 13.5. The standard InChI is InChI=1S/C36H38F3N3O3/c1-24-17-29(21-30(18-24)35(45)42(3)25(2)28-14-8-5-9-15-28)34(44)41-32(20-26-11-6-4-7-12-26)33(43)23-40-22-27-13-10-16-31(19-27)36(37,38)39/h4-19,21,25,32-33,40,43H,20,22-23H2,1-3H3,(H,41,44)/t25-,32+,33-/m1/s1. The molecule has 2 amide bonds. The van der Waals surface area contributed by atoms with Gasteiger partial charge >= 0.3 is 6.18 Å². The molecule has 0 aliphatic heterocycles. The van der Waals surface area contributed by atoms with Crippen LogP contribution in [0.4, 0.5) is 13.2 Å². The Bertz CT molecular complexity index is 1580. The molecule has 0 bridgehead atoms. The summed E-state index contributed by atoms with van der Waals surface area (Å²) < 4.78 is 39.3. The lowest BCUT2D eigenvalue weighted by Gasteiger charge is -2.26. The molecule has 0 aliphatic carbocycles. The Labute approximate surface area is 261 Å². The van der Waals surface area contributed by atoms with E-state index in [1.165, 1.54) is 6.07 Å². The first-order valence-electron chi connectivity index (χ1n) is 14.8. The van der Waals surface area contributed by atoms with Crippen LogP contribution in [-0.2, 0) is 19.1 Å². The smallest absolute Gasteiger partial charge is 0.390 e. The maximum Gasteiger partial charge on any atom is 0.416 e. The van der Waals surface area contributed by atoms with E-state index >= 15 is 0 Å². The Morgan fingerprint density at radius 2 is 1.47 bits per heavy atom. The fourth-order valence-corrected chi connectivity index (χ4v) is 5.14. The molecular formula is C36H38F3N3O3. The number of amides is 2. The molecule has 3 atom stereocenters. The molecule has 3 N–H and O–H groups in total. The van der Waals surface area contributed by atoms with Gasteiger partial charge in [-0.3, -0.25) is 9.59 Å². The first-order valence-corrected chi connectivity index (χ1v) is 14.8. The highest BCUT2D eigenvalue weighted by molar-refractivity contribution is 6.00. The minimum Gasteiger partial charge on any atom is -0.390 e. The highest BCUT2D eigenvalue weighted by atomic mass is 19.4. The van der Waals surface area contributed by atoms with E-state index in [1.807, 2.05) is 74.5 Å². The van der Waals surface area contributed by atoms with E-state index in [0.29, 0.717) is 17.5 Å². The third kappa shape index (κ3) is 9.26. The molecule has 45 heavy (non-hydrogen) atoms. The van der Waals surface area contributed by atoms with Crippen LogP contribution in [0.1, 0.15) is 61.5 Å².